The van der Waals surface area contributed by atoms with Crippen LogP contribution in [0.3, 0.4) is 0 Å². The Balaban J connectivity index is 1.76. The Morgan fingerprint density at radius 1 is 1.25 bits per heavy atom. The van der Waals surface area contributed by atoms with Crippen molar-refractivity contribution in [1.82, 2.24) is 15.1 Å². The summed E-state index contributed by atoms with van der Waals surface area (Å²) in [5, 5.41) is 17.9. The van der Waals surface area contributed by atoms with Gasteiger partial charge in [0.1, 0.15) is 11.5 Å². The first-order valence-electron chi connectivity index (χ1n) is 9.09. The summed E-state index contributed by atoms with van der Waals surface area (Å²) in [5.74, 6) is -0.735. The van der Waals surface area contributed by atoms with Gasteiger partial charge < -0.3 is 15.2 Å². The number of rotatable bonds is 7. The van der Waals surface area contributed by atoms with Gasteiger partial charge in [0, 0.05) is 35.5 Å². The van der Waals surface area contributed by atoms with Gasteiger partial charge in [0.2, 0.25) is 0 Å². The van der Waals surface area contributed by atoms with Crippen LogP contribution >= 0.6 is 0 Å². The Morgan fingerprint density at radius 2 is 2.04 bits per heavy atom. The molecule has 0 amide bonds. The fraction of sp³-hybridized carbons (Fsp3) is 0.286. The second-order valence-electron chi connectivity index (χ2n) is 6.49. The normalized spacial score (nSPS) is 12.2. The fourth-order valence-corrected chi connectivity index (χ4v) is 3.10. The average molecular weight is 387 g/mol. The fourth-order valence-electron chi connectivity index (χ4n) is 3.10. The molecule has 2 aromatic carbocycles. The summed E-state index contributed by atoms with van der Waals surface area (Å²) in [6.07, 6.45) is 1.66. The minimum atomic E-state index is -0.670. The first-order chi connectivity index (χ1) is 13.4. The van der Waals surface area contributed by atoms with Crippen LogP contribution in [0.2, 0.25) is 0 Å². The summed E-state index contributed by atoms with van der Waals surface area (Å²) in [6.45, 7) is 6.54. The van der Waals surface area contributed by atoms with E-state index in [0.29, 0.717) is 24.5 Å². The van der Waals surface area contributed by atoms with Crippen LogP contribution in [0.25, 0.3) is 5.69 Å². The van der Waals surface area contributed by atoms with Crippen LogP contribution < -0.4 is 10.1 Å². The van der Waals surface area contributed by atoms with Crippen molar-refractivity contribution in [3.05, 3.63) is 71.1 Å². The molecule has 5 nitrogen and oxygen atoms in total. The molecule has 28 heavy (non-hydrogen) atoms. The van der Waals surface area contributed by atoms with Gasteiger partial charge in [-0.3, -0.25) is 0 Å². The van der Waals surface area contributed by atoms with E-state index in [4.69, 9.17) is 4.74 Å². The molecule has 0 saturated heterocycles. The maximum absolute atomic E-state index is 14.1. The Hall–Kier alpha value is -2.93. The molecule has 0 aliphatic heterocycles. The van der Waals surface area contributed by atoms with Crippen molar-refractivity contribution in [3.63, 3.8) is 0 Å². The number of aromatic nitrogens is 2. The average Bonchev–Trinajstić information content (AvgIpc) is 3.04. The lowest BCUT2D eigenvalue weighted by molar-refractivity contribution is 0.316. The molecule has 0 aliphatic carbocycles. The van der Waals surface area contributed by atoms with Gasteiger partial charge in [-0.1, -0.05) is 12.1 Å². The predicted molar refractivity (Wildman–Crippen MR) is 103 cm³/mol. The molecule has 0 spiro atoms. The maximum Gasteiger partial charge on any atom is 0.162 e. The summed E-state index contributed by atoms with van der Waals surface area (Å²) in [4.78, 5) is 0. The molecule has 0 bridgehead atoms. The molecule has 1 heterocycles. The lowest BCUT2D eigenvalue weighted by atomic mass is 10.1. The van der Waals surface area contributed by atoms with Crippen molar-refractivity contribution >= 4 is 0 Å². The van der Waals surface area contributed by atoms with E-state index in [-0.39, 0.29) is 17.5 Å². The molecule has 1 atom stereocenters. The summed E-state index contributed by atoms with van der Waals surface area (Å²) in [6, 6.07) is 8.67. The summed E-state index contributed by atoms with van der Waals surface area (Å²) in [7, 11) is 0. The zero-order chi connectivity index (χ0) is 20.3. The first-order valence-corrected chi connectivity index (χ1v) is 9.09. The van der Waals surface area contributed by atoms with Gasteiger partial charge in [-0.25, -0.2) is 13.5 Å². The van der Waals surface area contributed by atoms with Crippen molar-refractivity contribution in [2.45, 2.75) is 33.4 Å². The molecule has 148 valence electrons. The van der Waals surface area contributed by atoms with E-state index >= 15 is 0 Å². The summed E-state index contributed by atoms with van der Waals surface area (Å²) < 4.78 is 34.1. The number of aromatic hydroxyl groups is 1. The van der Waals surface area contributed by atoms with E-state index in [2.05, 4.69) is 10.4 Å². The number of ether oxygens (including phenoxy) is 1. The molecule has 0 fully saturated rings. The van der Waals surface area contributed by atoms with E-state index in [1.807, 2.05) is 32.9 Å². The lowest BCUT2D eigenvalue weighted by Gasteiger charge is -2.16. The van der Waals surface area contributed by atoms with Crippen LogP contribution in [0.5, 0.6) is 11.5 Å². The molecule has 0 radical (unpaired) electrons. The minimum absolute atomic E-state index is 0.104. The zero-order valence-corrected chi connectivity index (χ0v) is 16.0. The van der Waals surface area contributed by atoms with Crippen molar-refractivity contribution in [2.75, 3.05) is 6.61 Å². The zero-order valence-electron chi connectivity index (χ0n) is 16.0. The largest absolute Gasteiger partial charge is 0.504 e. The van der Waals surface area contributed by atoms with E-state index in [9.17, 15) is 13.9 Å². The third-order valence-corrected chi connectivity index (χ3v) is 4.63. The molecule has 0 saturated carbocycles. The quantitative estimate of drug-likeness (QED) is 0.630. The molecule has 7 heteroatoms. The molecular formula is C21H23F2N3O2. The van der Waals surface area contributed by atoms with Crippen molar-refractivity contribution in [3.8, 4) is 17.2 Å². The number of para-hydroxylation sites is 1. The predicted octanol–water partition coefficient (Wildman–Crippen LogP) is 4.41. The second kappa shape index (κ2) is 8.39. The highest BCUT2D eigenvalue weighted by Crippen LogP contribution is 2.30. The van der Waals surface area contributed by atoms with E-state index < -0.39 is 11.6 Å². The number of phenols is 1. The molecule has 0 unspecified atom stereocenters. The molecule has 3 rings (SSSR count). The van der Waals surface area contributed by atoms with Gasteiger partial charge in [-0.05, 0) is 39.0 Å². The van der Waals surface area contributed by atoms with Gasteiger partial charge in [0.15, 0.2) is 17.3 Å². The SMILES string of the molecule is CCOc1cccc(CN[C@@H](C)c2cnn(-c3ccc(F)cc3F)c2C)c1O. The van der Waals surface area contributed by atoms with Gasteiger partial charge in [0.05, 0.1) is 12.8 Å². The minimum Gasteiger partial charge on any atom is -0.504 e. The Bertz CT molecular complexity index is 972. The highest BCUT2D eigenvalue weighted by atomic mass is 19.1. The molecular weight excluding hydrogens is 364 g/mol. The smallest absolute Gasteiger partial charge is 0.162 e. The Labute approximate surface area is 162 Å². The Kier molecular flexibility index (Phi) is 5.94. The van der Waals surface area contributed by atoms with Crippen LogP contribution in [0.15, 0.2) is 42.6 Å². The highest BCUT2D eigenvalue weighted by molar-refractivity contribution is 5.45. The summed E-state index contributed by atoms with van der Waals surface area (Å²) in [5.41, 5.74) is 2.54. The summed E-state index contributed by atoms with van der Waals surface area (Å²) >= 11 is 0. The van der Waals surface area contributed by atoms with Crippen molar-refractivity contribution < 1.29 is 18.6 Å². The van der Waals surface area contributed by atoms with E-state index in [1.165, 1.54) is 16.8 Å². The molecule has 1 aromatic heterocycles. The van der Waals surface area contributed by atoms with E-state index in [0.717, 1.165) is 17.3 Å². The number of phenolic OH excluding ortho intramolecular Hbond substituents is 1. The van der Waals surface area contributed by atoms with Crippen LogP contribution in [0.1, 0.15) is 36.7 Å². The van der Waals surface area contributed by atoms with Crippen LogP contribution in [-0.4, -0.2) is 21.5 Å². The van der Waals surface area contributed by atoms with Crippen molar-refractivity contribution in [2.24, 2.45) is 0 Å². The maximum atomic E-state index is 14.1. The van der Waals surface area contributed by atoms with Crippen molar-refractivity contribution in [1.29, 1.82) is 0 Å². The number of halogens is 2. The standard InChI is InChI=1S/C21H23F2N3O2/c1-4-28-20-7-5-6-15(21(20)27)11-24-13(2)17-12-25-26(14(17)3)19-9-8-16(22)10-18(19)23/h5-10,12-13,24,27H,4,11H2,1-3H3/t13-/m0/s1. The van der Waals surface area contributed by atoms with Crippen LogP contribution in [0.4, 0.5) is 8.78 Å². The molecule has 0 aliphatic rings. The number of nitrogens with one attached hydrogen (secondary N) is 1. The number of nitrogens with zero attached hydrogens (tertiary/aromatic N) is 2. The Morgan fingerprint density at radius 3 is 2.75 bits per heavy atom. The third-order valence-electron chi connectivity index (χ3n) is 4.63. The van der Waals surface area contributed by atoms with Gasteiger partial charge >= 0.3 is 0 Å². The van der Waals surface area contributed by atoms with E-state index in [1.54, 1.807) is 12.3 Å². The van der Waals surface area contributed by atoms with Gasteiger partial charge in [0.25, 0.3) is 0 Å². The van der Waals surface area contributed by atoms with Crippen LogP contribution in [0, 0.1) is 18.6 Å². The monoisotopic (exact) mass is 387 g/mol. The second-order valence-corrected chi connectivity index (χ2v) is 6.49. The van der Waals surface area contributed by atoms with Gasteiger partial charge in [-0.15, -0.1) is 0 Å². The third kappa shape index (κ3) is 3.99. The van der Waals surface area contributed by atoms with Gasteiger partial charge in [-0.2, -0.15) is 5.10 Å². The molecule has 3 aromatic rings. The first kappa shape index (κ1) is 19.8. The topological polar surface area (TPSA) is 59.3 Å². The molecule has 2 N–H and O–H groups in total. The highest BCUT2D eigenvalue weighted by Gasteiger charge is 2.17. The number of hydrogen-bond donors (Lipinski definition) is 2. The number of hydrogen-bond acceptors (Lipinski definition) is 4. The van der Waals surface area contributed by atoms with Crippen LogP contribution in [-0.2, 0) is 6.54 Å². The lowest BCUT2D eigenvalue weighted by Crippen LogP contribution is -2.19. The number of benzene rings is 2.